The third-order valence-corrected chi connectivity index (χ3v) is 8.37. The lowest BCUT2D eigenvalue weighted by Crippen LogP contribution is -2.26. The number of aliphatic hydroxyl groups excluding tert-OH is 2. The molecule has 2 unspecified atom stereocenters. The number of aromatic nitrogens is 4. The van der Waals surface area contributed by atoms with E-state index < -0.39 is 27.6 Å². The molecule has 55 heavy (non-hydrogen) atoms. The van der Waals surface area contributed by atoms with Gasteiger partial charge in [0.25, 0.3) is 16.9 Å². The maximum atomic E-state index is 13.3. The van der Waals surface area contributed by atoms with Crippen molar-refractivity contribution in [3.8, 4) is 0 Å². The Morgan fingerprint density at radius 3 is 1.76 bits per heavy atom. The Bertz CT molecular complexity index is 2670. The number of aromatic amines is 1. The Labute approximate surface area is 309 Å². The minimum absolute atomic E-state index is 0.0753. The lowest BCUT2D eigenvalue weighted by molar-refractivity contribution is -0.384. The van der Waals surface area contributed by atoms with Crippen LogP contribution in [0.5, 0.6) is 0 Å². The molecule has 17 heteroatoms. The van der Waals surface area contributed by atoms with Crippen LogP contribution < -0.4 is 16.4 Å². The summed E-state index contributed by atoms with van der Waals surface area (Å²) in [5.74, 6) is 0. The van der Waals surface area contributed by atoms with E-state index in [1.165, 1.54) is 54.7 Å². The van der Waals surface area contributed by atoms with Crippen molar-refractivity contribution in [3.63, 3.8) is 0 Å². The van der Waals surface area contributed by atoms with Crippen molar-refractivity contribution in [1.29, 1.82) is 0 Å². The molecule has 5 N–H and O–H groups in total. The van der Waals surface area contributed by atoms with Gasteiger partial charge in [-0.05, 0) is 47.5 Å². The zero-order valence-corrected chi connectivity index (χ0v) is 28.3. The van der Waals surface area contributed by atoms with Crippen LogP contribution in [0.3, 0.4) is 0 Å². The largest absolute Gasteiger partial charge is 0.382 e. The summed E-state index contributed by atoms with van der Waals surface area (Å²) >= 11 is 0. The summed E-state index contributed by atoms with van der Waals surface area (Å²) in [6.07, 6.45) is -1.54. The maximum Gasteiger partial charge on any atom is 0.276 e. The fourth-order valence-electron chi connectivity index (χ4n) is 5.55. The quantitative estimate of drug-likeness (QED) is 0.0569. The summed E-state index contributed by atoms with van der Waals surface area (Å²) in [5.41, 5.74) is 7.30. The molecule has 0 spiro atoms. The molecule has 7 aromatic rings. The monoisotopic (exact) mass is 736 g/mol. The molecule has 17 nitrogen and oxygen atoms in total. The average molecular weight is 737 g/mol. The molecule has 0 fully saturated rings. The fourth-order valence-corrected chi connectivity index (χ4v) is 5.55. The number of anilines is 2. The summed E-state index contributed by atoms with van der Waals surface area (Å²) in [6.45, 7) is 0. The van der Waals surface area contributed by atoms with E-state index in [1.807, 2.05) is 12.1 Å². The number of benzene rings is 5. The number of fused-ring (bicyclic) bond motifs is 2. The normalized spacial score (nSPS) is 13.0. The fraction of sp³-hybridized carbons (Fsp3) is 0.0526. The second-order valence-corrected chi connectivity index (χ2v) is 12.0. The summed E-state index contributed by atoms with van der Waals surface area (Å²) in [5, 5.41) is 54.8. The highest BCUT2D eigenvalue weighted by molar-refractivity contribution is 6.05. The van der Waals surface area contributed by atoms with Crippen molar-refractivity contribution in [2.45, 2.75) is 12.2 Å². The van der Waals surface area contributed by atoms with Gasteiger partial charge in [0, 0.05) is 24.3 Å². The molecule has 0 bridgehead atoms. The number of hydrogen-bond donors (Lipinski definition) is 5. The molecule has 0 saturated carbocycles. The van der Waals surface area contributed by atoms with Crippen LogP contribution in [0.2, 0.25) is 0 Å². The topological polar surface area (TPSA) is 247 Å². The minimum Gasteiger partial charge on any atom is -0.382 e. The number of nitro groups is 2. The first kappa shape index (κ1) is 35.6. The van der Waals surface area contributed by atoms with Gasteiger partial charge in [0.2, 0.25) is 0 Å². The van der Waals surface area contributed by atoms with Gasteiger partial charge >= 0.3 is 0 Å². The molecule has 0 aliphatic rings. The smallest absolute Gasteiger partial charge is 0.276 e. The molecule has 2 atom stereocenters. The number of nitro benzene ring substituents is 2. The highest BCUT2D eigenvalue weighted by Gasteiger charge is 2.25. The summed E-state index contributed by atoms with van der Waals surface area (Å²) in [4.78, 5) is 50.7. The van der Waals surface area contributed by atoms with Gasteiger partial charge in [-0.15, -0.1) is 0 Å². The maximum absolute atomic E-state index is 13.3. The van der Waals surface area contributed by atoms with E-state index in [0.717, 1.165) is 0 Å². The van der Waals surface area contributed by atoms with Crippen molar-refractivity contribution < 1.29 is 20.1 Å². The van der Waals surface area contributed by atoms with Gasteiger partial charge in [-0.2, -0.15) is 10.2 Å². The zero-order valence-electron chi connectivity index (χ0n) is 28.3. The second-order valence-electron chi connectivity index (χ2n) is 12.0. The van der Waals surface area contributed by atoms with Gasteiger partial charge in [0.1, 0.15) is 29.3 Å². The summed E-state index contributed by atoms with van der Waals surface area (Å²) in [6, 6.07) is 31.9. The molecule has 0 aliphatic carbocycles. The Morgan fingerprint density at radius 2 is 1.18 bits per heavy atom. The first-order chi connectivity index (χ1) is 26.6. The molecule has 0 radical (unpaired) electrons. The molecule has 5 aromatic carbocycles. The van der Waals surface area contributed by atoms with Crippen LogP contribution in [0.4, 0.5) is 22.7 Å². The Kier molecular flexibility index (Phi) is 10.0. The number of non-ortho nitro benzene ring substituents is 2. The molecule has 272 valence electrons. The lowest BCUT2D eigenvalue weighted by atomic mass is 9.97. The lowest BCUT2D eigenvalue weighted by Gasteiger charge is -2.17. The van der Waals surface area contributed by atoms with Crippen LogP contribution in [0, 0.1) is 20.2 Å². The third-order valence-electron chi connectivity index (χ3n) is 8.37. The third kappa shape index (κ3) is 7.87. The van der Waals surface area contributed by atoms with E-state index >= 15 is 0 Å². The molecule has 7 rings (SSSR count). The number of aliphatic hydroxyl groups is 2. The van der Waals surface area contributed by atoms with Crippen LogP contribution >= 0.6 is 0 Å². The number of H-pyrrole nitrogens is 1. The Balaban J connectivity index is 1.23. The molecule has 0 amide bonds. The van der Waals surface area contributed by atoms with Crippen LogP contribution in [0.1, 0.15) is 34.7 Å². The Morgan fingerprint density at radius 1 is 0.655 bits per heavy atom. The molecule has 0 aliphatic heterocycles. The first-order valence-corrected chi connectivity index (χ1v) is 16.5. The first-order valence-electron chi connectivity index (χ1n) is 16.5. The molecule has 2 aromatic heterocycles. The van der Waals surface area contributed by atoms with Crippen LogP contribution in [-0.2, 0) is 0 Å². The predicted octanol–water partition coefficient (Wildman–Crippen LogP) is 5.78. The van der Waals surface area contributed by atoms with Crippen molar-refractivity contribution >= 4 is 56.2 Å². The van der Waals surface area contributed by atoms with E-state index in [2.05, 4.69) is 41.0 Å². The summed E-state index contributed by atoms with van der Waals surface area (Å²) in [7, 11) is 0. The number of hydrazone groups is 2. The number of rotatable bonds is 12. The second kappa shape index (κ2) is 15.5. The van der Waals surface area contributed by atoms with E-state index in [-0.39, 0.29) is 56.3 Å². The zero-order chi connectivity index (χ0) is 38.5. The van der Waals surface area contributed by atoms with E-state index in [4.69, 9.17) is 0 Å². The molecular formula is C38H28N10O7. The predicted molar refractivity (Wildman–Crippen MR) is 205 cm³/mol. The minimum atomic E-state index is -1.52. The highest BCUT2D eigenvalue weighted by atomic mass is 16.6. The number of hydrogen-bond acceptors (Lipinski definition) is 14. The molecular weight excluding hydrogens is 708 g/mol. The van der Waals surface area contributed by atoms with E-state index in [0.29, 0.717) is 22.5 Å². The van der Waals surface area contributed by atoms with E-state index in [1.54, 1.807) is 60.7 Å². The van der Waals surface area contributed by atoms with Crippen molar-refractivity contribution in [1.82, 2.24) is 19.9 Å². The number of nitrogens with one attached hydrogen (secondary N) is 3. The van der Waals surface area contributed by atoms with Gasteiger partial charge in [-0.1, -0.05) is 60.7 Å². The van der Waals surface area contributed by atoms with Crippen LogP contribution in [0.15, 0.2) is 143 Å². The molecule has 0 saturated heterocycles. The Hall–Kier alpha value is -7.76. The van der Waals surface area contributed by atoms with Gasteiger partial charge in [-0.3, -0.25) is 40.9 Å². The molecule has 2 heterocycles. The van der Waals surface area contributed by atoms with Crippen molar-refractivity contribution in [2.75, 3.05) is 10.9 Å². The van der Waals surface area contributed by atoms with Crippen LogP contribution in [-0.4, -0.2) is 51.4 Å². The standard InChI is InChI=1S/C38H28N10O7/c49-36(33(45-43-24-7-3-1-4-8-24)32-21-39-30-19-26(47(52)53)15-17-28(30)40-32)22-11-13-23(14-12-22)37(50)34(46-44-25-9-5-2-6-10-25)35-38(51)42-31-20-27(48(54)55)16-18-29(31)41-35/h1-21,36-37,43-44,49-50H,(H,42,51)/b45-33-,46-34-. The van der Waals surface area contributed by atoms with E-state index in [9.17, 15) is 35.2 Å². The summed E-state index contributed by atoms with van der Waals surface area (Å²) < 4.78 is 0. The van der Waals surface area contributed by atoms with Crippen molar-refractivity contribution in [3.05, 3.63) is 181 Å². The SMILES string of the molecule is O=c1[nH]c2cc([N+](=O)[O-])ccc2nc1/C(=N/Nc1ccccc1)C(O)c1ccc(C(O)/C(=N\Nc2ccccc2)c2cnc3cc([N+](=O)[O-])ccc3n2)cc1. The van der Waals surface area contributed by atoms with Gasteiger partial charge < -0.3 is 15.2 Å². The number of nitrogens with zero attached hydrogens (tertiary/aromatic N) is 7. The van der Waals surface area contributed by atoms with Gasteiger partial charge in [-0.25, -0.2) is 9.97 Å². The van der Waals surface area contributed by atoms with Crippen LogP contribution in [0.25, 0.3) is 22.1 Å². The average Bonchev–Trinajstić information content (AvgIpc) is 3.21. The van der Waals surface area contributed by atoms with Gasteiger partial charge in [0.05, 0.1) is 49.5 Å². The highest BCUT2D eigenvalue weighted by Crippen LogP contribution is 2.26. The number of para-hydroxylation sites is 2. The van der Waals surface area contributed by atoms with Crippen molar-refractivity contribution in [2.24, 2.45) is 10.2 Å². The van der Waals surface area contributed by atoms with Gasteiger partial charge in [0.15, 0.2) is 5.69 Å².